The summed E-state index contributed by atoms with van der Waals surface area (Å²) in [5.74, 6) is 0. The van der Waals surface area contributed by atoms with Gasteiger partial charge >= 0.3 is 7.12 Å². The third-order valence-electron chi connectivity index (χ3n) is 3.75. The Bertz CT molecular complexity index is 624. The van der Waals surface area contributed by atoms with Crippen LogP contribution in [0.15, 0.2) is 22.2 Å². The van der Waals surface area contributed by atoms with Gasteiger partial charge in [0, 0.05) is 11.6 Å². The Balaban J connectivity index is 1.85. The van der Waals surface area contributed by atoms with Crippen molar-refractivity contribution in [2.75, 3.05) is 0 Å². The molecule has 0 atom stereocenters. The third kappa shape index (κ3) is 2.34. The molecule has 0 amide bonds. The highest BCUT2D eigenvalue weighted by Gasteiger charge is 2.52. The van der Waals surface area contributed by atoms with Gasteiger partial charge in [0.1, 0.15) is 0 Å². The molecule has 1 aliphatic rings. The minimum absolute atomic E-state index is 0.351. The average Bonchev–Trinajstić information content (AvgIpc) is 2.98. The number of thiazole rings is 1. The lowest BCUT2D eigenvalue weighted by molar-refractivity contribution is 0.00578. The van der Waals surface area contributed by atoms with E-state index < -0.39 is 7.12 Å². The molecular formula is C12H15BBrN3O2S. The van der Waals surface area contributed by atoms with Gasteiger partial charge in [-0.15, -0.1) is 11.3 Å². The summed E-state index contributed by atoms with van der Waals surface area (Å²) in [4.78, 5) is 4.56. The van der Waals surface area contributed by atoms with Crippen molar-refractivity contribution in [1.82, 2.24) is 14.8 Å². The van der Waals surface area contributed by atoms with Crippen LogP contribution in [-0.2, 0) is 9.31 Å². The van der Waals surface area contributed by atoms with Gasteiger partial charge < -0.3 is 9.31 Å². The van der Waals surface area contributed by atoms with Crippen LogP contribution >= 0.6 is 27.3 Å². The highest BCUT2D eigenvalue weighted by Crippen LogP contribution is 2.36. The fraction of sp³-hybridized carbons (Fsp3) is 0.500. The minimum atomic E-state index is -0.427. The van der Waals surface area contributed by atoms with E-state index in [1.54, 1.807) is 10.9 Å². The largest absolute Gasteiger partial charge is 0.515 e. The van der Waals surface area contributed by atoms with E-state index >= 15 is 0 Å². The first-order valence-corrected chi connectivity index (χ1v) is 7.97. The summed E-state index contributed by atoms with van der Waals surface area (Å²) in [5.41, 5.74) is 0.0853. The Hall–Kier alpha value is -0.695. The van der Waals surface area contributed by atoms with Crippen LogP contribution in [0.3, 0.4) is 0 Å². The first kappa shape index (κ1) is 14.3. The second kappa shape index (κ2) is 4.66. The quantitative estimate of drug-likeness (QED) is 0.776. The standard InChI is InChI=1S/C12H15BBrN3O2S/c1-11(2)12(3,4)19-13(18-11)9-7-20-10(16-9)17-6-8(14)5-15-17/h5-7H,1-4H3. The molecule has 5 nitrogen and oxygen atoms in total. The molecule has 1 saturated heterocycles. The van der Waals surface area contributed by atoms with E-state index in [4.69, 9.17) is 9.31 Å². The number of nitrogens with zero attached hydrogens (tertiary/aromatic N) is 3. The van der Waals surface area contributed by atoms with Crippen molar-refractivity contribution in [3.63, 3.8) is 0 Å². The molecule has 3 heterocycles. The zero-order chi connectivity index (χ0) is 14.5. The van der Waals surface area contributed by atoms with Crippen LogP contribution in [0, 0.1) is 0 Å². The maximum Gasteiger partial charge on any atom is 0.515 e. The van der Waals surface area contributed by atoms with Gasteiger partial charge in [-0.2, -0.15) is 5.10 Å². The van der Waals surface area contributed by atoms with Gasteiger partial charge in [0.05, 0.1) is 27.5 Å². The highest BCUT2D eigenvalue weighted by molar-refractivity contribution is 9.10. The summed E-state index contributed by atoms with van der Waals surface area (Å²) in [5, 5.41) is 6.96. The van der Waals surface area contributed by atoms with Gasteiger partial charge in [0.2, 0.25) is 5.13 Å². The first-order valence-electron chi connectivity index (χ1n) is 6.30. The molecule has 0 aliphatic carbocycles. The Morgan fingerprint density at radius 2 is 1.90 bits per heavy atom. The molecule has 1 aliphatic heterocycles. The number of rotatable bonds is 2. The van der Waals surface area contributed by atoms with Crippen molar-refractivity contribution < 1.29 is 9.31 Å². The van der Waals surface area contributed by atoms with Gasteiger partial charge in [-0.1, -0.05) is 0 Å². The third-order valence-corrected chi connectivity index (χ3v) is 5.01. The summed E-state index contributed by atoms with van der Waals surface area (Å²) in [6.07, 6.45) is 3.60. The van der Waals surface area contributed by atoms with Crippen molar-refractivity contribution >= 4 is 40.0 Å². The van der Waals surface area contributed by atoms with Crippen molar-refractivity contribution in [2.24, 2.45) is 0 Å². The molecule has 0 spiro atoms. The Morgan fingerprint density at radius 3 is 2.45 bits per heavy atom. The van der Waals surface area contributed by atoms with Crippen LogP contribution in [0.5, 0.6) is 0 Å². The van der Waals surface area contributed by atoms with Crippen LogP contribution in [-0.4, -0.2) is 33.1 Å². The van der Waals surface area contributed by atoms with Crippen molar-refractivity contribution in [3.05, 3.63) is 22.2 Å². The second-order valence-electron chi connectivity index (χ2n) is 5.75. The normalized spacial score (nSPS) is 20.6. The number of hydrogen-bond acceptors (Lipinski definition) is 5. The van der Waals surface area contributed by atoms with Gasteiger partial charge in [0.25, 0.3) is 0 Å². The van der Waals surface area contributed by atoms with E-state index in [-0.39, 0.29) is 11.2 Å². The predicted octanol–water partition coefficient (Wildman–Crippen LogP) is 2.39. The van der Waals surface area contributed by atoms with E-state index in [0.717, 1.165) is 15.2 Å². The summed E-state index contributed by atoms with van der Waals surface area (Å²) in [7, 11) is -0.427. The van der Waals surface area contributed by atoms with Gasteiger partial charge in [-0.25, -0.2) is 9.67 Å². The smallest absolute Gasteiger partial charge is 0.398 e. The average molecular weight is 356 g/mol. The Morgan fingerprint density at radius 1 is 1.25 bits per heavy atom. The van der Waals surface area contributed by atoms with Crippen LogP contribution < -0.4 is 5.59 Å². The topological polar surface area (TPSA) is 49.2 Å². The van der Waals surface area contributed by atoms with Gasteiger partial charge in [-0.3, -0.25) is 0 Å². The van der Waals surface area contributed by atoms with Crippen molar-refractivity contribution in [3.8, 4) is 5.13 Å². The summed E-state index contributed by atoms with van der Waals surface area (Å²) < 4.78 is 14.6. The predicted molar refractivity (Wildman–Crippen MR) is 82.7 cm³/mol. The summed E-state index contributed by atoms with van der Waals surface area (Å²) in [6.45, 7) is 8.13. The molecule has 20 heavy (non-hydrogen) atoms. The molecule has 0 saturated carbocycles. The molecule has 0 radical (unpaired) electrons. The molecule has 0 bridgehead atoms. The van der Waals surface area contributed by atoms with Crippen molar-refractivity contribution in [2.45, 2.75) is 38.9 Å². The lowest BCUT2D eigenvalue weighted by atomic mass is 9.86. The lowest BCUT2D eigenvalue weighted by Crippen LogP contribution is -2.41. The number of halogens is 1. The van der Waals surface area contributed by atoms with Gasteiger partial charge in [-0.05, 0) is 43.6 Å². The summed E-state index contributed by atoms with van der Waals surface area (Å²) >= 11 is 4.89. The van der Waals surface area contributed by atoms with E-state index in [1.807, 2.05) is 39.3 Å². The van der Waals surface area contributed by atoms with E-state index in [0.29, 0.717) is 0 Å². The zero-order valence-electron chi connectivity index (χ0n) is 11.8. The fourth-order valence-electron chi connectivity index (χ4n) is 1.86. The highest BCUT2D eigenvalue weighted by atomic mass is 79.9. The molecule has 0 unspecified atom stereocenters. The SMILES string of the molecule is CC1(C)OB(c2csc(-n3cc(Br)cn3)n2)OC1(C)C. The summed E-state index contributed by atoms with van der Waals surface area (Å²) in [6, 6.07) is 0. The van der Waals surface area contributed by atoms with Crippen molar-refractivity contribution in [1.29, 1.82) is 0 Å². The molecule has 2 aromatic rings. The maximum atomic E-state index is 5.99. The molecule has 106 valence electrons. The minimum Gasteiger partial charge on any atom is -0.398 e. The second-order valence-corrected chi connectivity index (χ2v) is 7.50. The molecule has 1 fully saturated rings. The number of hydrogen-bond donors (Lipinski definition) is 0. The van der Waals surface area contributed by atoms with Crippen LogP contribution in [0.1, 0.15) is 27.7 Å². The Kier molecular flexibility index (Phi) is 3.32. The molecule has 8 heteroatoms. The molecule has 0 N–H and O–H groups in total. The molecule has 0 aromatic carbocycles. The first-order chi connectivity index (χ1) is 9.28. The van der Waals surface area contributed by atoms with Crippen LogP contribution in [0.4, 0.5) is 0 Å². The maximum absolute atomic E-state index is 5.99. The zero-order valence-corrected chi connectivity index (χ0v) is 14.2. The lowest BCUT2D eigenvalue weighted by Gasteiger charge is -2.32. The molecule has 3 rings (SSSR count). The van der Waals surface area contributed by atoms with Gasteiger partial charge in [0.15, 0.2) is 0 Å². The monoisotopic (exact) mass is 355 g/mol. The number of aromatic nitrogens is 3. The van der Waals surface area contributed by atoms with E-state index in [1.165, 1.54) is 11.3 Å². The van der Waals surface area contributed by atoms with E-state index in [2.05, 4.69) is 26.0 Å². The molecular weight excluding hydrogens is 341 g/mol. The van der Waals surface area contributed by atoms with Crippen LogP contribution in [0.25, 0.3) is 5.13 Å². The Labute approximate surface area is 130 Å². The van der Waals surface area contributed by atoms with E-state index in [9.17, 15) is 0 Å². The van der Waals surface area contributed by atoms with Crippen LogP contribution in [0.2, 0.25) is 0 Å². The molecule has 2 aromatic heterocycles. The fourth-order valence-corrected chi connectivity index (χ4v) is 2.90.